The second-order valence-electron chi connectivity index (χ2n) is 4.97. The number of hydrogen-bond donors (Lipinski definition) is 0. The number of benzene rings is 1. The number of esters is 1. The maximum absolute atomic E-state index is 11.8. The summed E-state index contributed by atoms with van der Waals surface area (Å²) < 4.78 is 6.27. The Hall–Kier alpha value is -0.830. The van der Waals surface area contributed by atoms with Gasteiger partial charge in [-0.15, -0.1) is 0 Å². The predicted molar refractivity (Wildman–Crippen MR) is 68.9 cm³/mol. The Kier molecular flexibility index (Phi) is 2.54. The van der Waals surface area contributed by atoms with Gasteiger partial charge in [-0.25, -0.2) is 0 Å². The third kappa shape index (κ3) is 1.63. The molecule has 90 valence electrons. The van der Waals surface area contributed by atoms with E-state index < -0.39 is 0 Å². The van der Waals surface area contributed by atoms with E-state index in [2.05, 4.69) is 34.1 Å². The minimum absolute atomic E-state index is 0.0109. The summed E-state index contributed by atoms with van der Waals surface area (Å²) in [6.45, 7) is 2.35. The lowest BCUT2D eigenvalue weighted by atomic mass is 9.95. The molecule has 1 aromatic rings. The van der Waals surface area contributed by atoms with Gasteiger partial charge in [0.2, 0.25) is 0 Å². The van der Waals surface area contributed by atoms with Gasteiger partial charge in [0.1, 0.15) is 0 Å². The van der Waals surface area contributed by atoms with E-state index in [1.807, 2.05) is 6.92 Å². The van der Waals surface area contributed by atoms with Crippen LogP contribution in [0, 0.1) is 5.92 Å². The molecule has 3 rings (SSSR count). The zero-order valence-electron chi connectivity index (χ0n) is 9.83. The predicted octanol–water partition coefficient (Wildman–Crippen LogP) is 3.22. The Labute approximate surface area is 109 Å². The molecule has 1 saturated carbocycles. The van der Waals surface area contributed by atoms with Crippen molar-refractivity contribution >= 4 is 21.9 Å². The lowest BCUT2D eigenvalue weighted by Crippen LogP contribution is -2.15. The summed E-state index contributed by atoms with van der Waals surface area (Å²) in [6.07, 6.45) is 3.16. The van der Waals surface area contributed by atoms with E-state index in [0.717, 1.165) is 23.7 Å². The SMILES string of the molecule is CCOC(=O)C1CC12CCc1cc(Br)ccc12. The summed E-state index contributed by atoms with van der Waals surface area (Å²) >= 11 is 3.50. The lowest BCUT2D eigenvalue weighted by Gasteiger charge is -2.11. The van der Waals surface area contributed by atoms with Crippen molar-refractivity contribution in [2.45, 2.75) is 31.6 Å². The van der Waals surface area contributed by atoms with Crippen LogP contribution in [0.15, 0.2) is 22.7 Å². The van der Waals surface area contributed by atoms with Gasteiger partial charge in [0.05, 0.1) is 12.5 Å². The summed E-state index contributed by atoms with van der Waals surface area (Å²) in [5.41, 5.74) is 2.88. The van der Waals surface area contributed by atoms with Gasteiger partial charge in [0.15, 0.2) is 0 Å². The highest BCUT2D eigenvalue weighted by Gasteiger charge is 2.62. The molecule has 0 saturated heterocycles. The van der Waals surface area contributed by atoms with Gasteiger partial charge < -0.3 is 4.74 Å². The van der Waals surface area contributed by atoms with Crippen molar-refractivity contribution in [2.75, 3.05) is 6.61 Å². The number of fused-ring (bicyclic) bond motifs is 2. The Morgan fingerprint density at radius 3 is 3.18 bits per heavy atom. The average Bonchev–Trinajstić information content (AvgIpc) is 2.92. The van der Waals surface area contributed by atoms with Crippen LogP contribution in [0.25, 0.3) is 0 Å². The fourth-order valence-corrected chi connectivity index (χ4v) is 3.59. The Balaban J connectivity index is 1.88. The van der Waals surface area contributed by atoms with Crippen molar-refractivity contribution in [1.29, 1.82) is 0 Å². The minimum atomic E-state index is -0.0109. The molecule has 1 fully saturated rings. The molecule has 2 aliphatic carbocycles. The first-order valence-corrected chi connectivity index (χ1v) is 6.92. The van der Waals surface area contributed by atoms with Gasteiger partial charge in [-0.2, -0.15) is 0 Å². The van der Waals surface area contributed by atoms with Crippen molar-refractivity contribution in [2.24, 2.45) is 5.92 Å². The van der Waals surface area contributed by atoms with Crippen molar-refractivity contribution in [1.82, 2.24) is 0 Å². The van der Waals surface area contributed by atoms with Crippen LogP contribution >= 0.6 is 15.9 Å². The van der Waals surface area contributed by atoms with E-state index in [9.17, 15) is 4.79 Å². The minimum Gasteiger partial charge on any atom is -0.466 e. The molecule has 0 N–H and O–H groups in total. The highest BCUT2D eigenvalue weighted by atomic mass is 79.9. The molecule has 17 heavy (non-hydrogen) atoms. The summed E-state index contributed by atoms with van der Waals surface area (Å²) in [5.74, 6) is 0.0909. The van der Waals surface area contributed by atoms with Crippen LogP contribution in [-0.4, -0.2) is 12.6 Å². The van der Waals surface area contributed by atoms with Gasteiger partial charge >= 0.3 is 5.97 Å². The fraction of sp³-hybridized carbons (Fsp3) is 0.500. The van der Waals surface area contributed by atoms with E-state index in [-0.39, 0.29) is 17.3 Å². The van der Waals surface area contributed by atoms with Crippen LogP contribution < -0.4 is 0 Å². The third-order valence-corrected chi connectivity index (χ3v) is 4.58. The van der Waals surface area contributed by atoms with E-state index in [1.54, 1.807) is 0 Å². The second-order valence-corrected chi connectivity index (χ2v) is 5.88. The van der Waals surface area contributed by atoms with Crippen molar-refractivity contribution in [3.8, 4) is 0 Å². The highest BCUT2D eigenvalue weighted by molar-refractivity contribution is 9.10. The molecule has 2 unspecified atom stereocenters. The number of halogens is 1. The van der Waals surface area contributed by atoms with Crippen molar-refractivity contribution in [3.05, 3.63) is 33.8 Å². The fourth-order valence-electron chi connectivity index (χ4n) is 3.18. The molecular formula is C14H15BrO2. The Morgan fingerprint density at radius 2 is 2.41 bits per heavy atom. The van der Waals surface area contributed by atoms with E-state index in [0.29, 0.717) is 6.61 Å². The van der Waals surface area contributed by atoms with Crippen LogP contribution in [-0.2, 0) is 21.4 Å². The van der Waals surface area contributed by atoms with Crippen LogP contribution in [0.5, 0.6) is 0 Å². The lowest BCUT2D eigenvalue weighted by molar-refractivity contribution is -0.145. The van der Waals surface area contributed by atoms with Gasteiger partial charge in [-0.3, -0.25) is 4.79 Å². The van der Waals surface area contributed by atoms with Crippen LogP contribution in [0.3, 0.4) is 0 Å². The smallest absolute Gasteiger partial charge is 0.309 e. The molecule has 2 aliphatic rings. The number of carbonyl (C=O) groups excluding carboxylic acids is 1. The first-order valence-electron chi connectivity index (χ1n) is 6.13. The molecule has 0 aromatic heterocycles. The van der Waals surface area contributed by atoms with Crippen LogP contribution in [0.2, 0.25) is 0 Å². The number of aryl methyl sites for hydroxylation is 1. The molecule has 0 radical (unpaired) electrons. The molecule has 3 heteroatoms. The maximum atomic E-state index is 11.8. The quantitative estimate of drug-likeness (QED) is 0.783. The molecule has 1 spiro atoms. The van der Waals surface area contributed by atoms with Crippen molar-refractivity contribution in [3.63, 3.8) is 0 Å². The zero-order chi connectivity index (χ0) is 12.0. The molecule has 0 aliphatic heterocycles. The Bertz CT molecular complexity index is 483. The van der Waals surface area contributed by atoms with Crippen molar-refractivity contribution < 1.29 is 9.53 Å². The Morgan fingerprint density at radius 1 is 1.59 bits per heavy atom. The van der Waals surface area contributed by atoms with Gasteiger partial charge in [0, 0.05) is 9.89 Å². The number of carbonyl (C=O) groups is 1. The van der Waals surface area contributed by atoms with E-state index in [4.69, 9.17) is 4.74 Å². The third-order valence-electron chi connectivity index (χ3n) is 4.09. The molecule has 1 aromatic carbocycles. The monoisotopic (exact) mass is 294 g/mol. The zero-order valence-corrected chi connectivity index (χ0v) is 11.4. The topological polar surface area (TPSA) is 26.3 Å². The van der Waals surface area contributed by atoms with Crippen LogP contribution in [0.4, 0.5) is 0 Å². The molecule has 0 amide bonds. The first kappa shape index (κ1) is 11.3. The molecular weight excluding hydrogens is 280 g/mol. The molecule has 0 heterocycles. The van der Waals surface area contributed by atoms with Gasteiger partial charge in [-0.1, -0.05) is 22.0 Å². The van der Waals surface area contributed by atoms with Gasteiger partial charge in [-0.05, 0) is 49.4 Å². The normalized spacial score (nSPS) is 29.2. The second kappa shape index (κ2) is 3.84. The summed E-state index contributed by atoms with van der Waals surface area (Å²) in [6, 6.07) is 6.43. The van der Waals surface area contributed by atoms with Crippen LogP contribution in [0.1, 0.15) is 30.9 Å². The number of hydrogen-bond acceptors (Lipinski definition) is 2. The summed E-state index contributed by atoms with van der Waals surface area (Å²) in [7, 11) is 0. The summed E-state index contributed by atoms with van der Waals surface area (Å²) in [5, 5.41) is 0. The summed E-state index contributed by atoms with van der Waals surface area (Å²) in [4.78, 5) is 11.8. The first-order chi connectivity index (χ1) is 8.17. The molecule has 2 atom stereocenters. The standard InChI is InChI=1S/C14H15BrO2/c1-2-17-13(16)12-8-14(12)6-5-9-7-10(15)3-4-11(9)14/h3-4,7,12H,2,5-6,8H2,1H3. The van der Waals surface area contributed by atoms with E-state index in [1.165, 1.54) is 11.1 Å². The highest BCUT2D eigenvalue weighted by Crippen LogP contribution is 2.62. The maximum Gasteiger partial charge on any atom is 0.309 e. The van der Waals surface area contributed by atoms with E-state index >= 15 is 0 Å². The average molecular weight is 295 g/mol. The largest absolute Gasteiger partial charge is 0.466 e. The van der Waals surface area contributed by atoms with Gasteiger partial charge in [0.25, 0.3) is 0 Å². The molecule has 0 bridgehead atoms. The number of rotatable bonds is 2. The molecule has 2 nitrogen and oxygen atoms in total. The number of ether oxygens (including phenoxy) is 1.